The third kappa shape index (κ3) is 4.32. The van der Waals surface area contributed by atoms with E-state index in [4.69, 9.17) is 5.73 Å². The first-order valence-electron chi connectivity index (χ1n) is 9.05. The monoisotopic (exact) mass is 372 g/mol. The van der Waals surface area contributed by atoms with Gasteiger partial charge in [0.1, 0.15) is 11.6 Å². The Bertz CT molecular complexity index is 861. The zero-order valence-electron chi connectivity index (χ0n) is 14.9. The number of hydrogen-bond donors (Lipinski definition) is 2. The Balaban J connectivity index is 1.88. The van der Waals surface area contributed by atoms with Crippen LogP contribution in [-0.2, 0) is 11.2 Å². The number of benzene rings is 2. The van der Waals surface area contributed by atoms with Crippen LogP contribution >= 0.6 is 0 Å². The zero-order chi connectivity index (χ0) is 19.4. The molecule has 27 heavy (non-hydrogen) atoms. The molecule has 3 N–H and O–H groups in total. The summed E-state index contributed by atoms with van der Waals surface area (Å²) in [6, 6.07) is 9.83. The number of primary amides is 1. The molecule has 1 aliphatic rings. The third-order valence-electron chi connectivity index (χ3n) is 5.22. The van der Waals surface area contributed by atoms with E-state index in [0.29, 0.717) is 19.3 Å². The van der Waals surface area contributed by atoms with Crippen molar-refractivity contribution in [3.05, 3.63) is 65.2 Å². The van der Waals surface area contributed by atoms with Crippen LogP contribution in [0.25, 0.3) is 0 Å². The Morgan fingerprint density at radius 1 is 1.04 bits per heavy atom. The maximum Gasteiger partial charge on any atom is 0.248 e. The van der Waals surface area contributed by atoms with Gasteiger partial charge in [0.05, 0.1) is 11.1 Å². The summed E-state index contributed by atoms with van der Waals surface area (Å²) in [5.41, 5.74) is 5.29. The van der Waals surface area contributed by atoms with Gasteiger partial charge in [-0.2, -0.15) is 0 Å². The fraction of sp³-hybridized carbons (Fsp3) is 0.333. The molecule has 6 heteroatoms. The Kier molecular flexibility index (Phi) is 5.54. The van der Waals surface area contributed by atoms with E-state index >= 15 is 0 Å². The Labute approximate surface area is 156 Å². The van der Waals surface area contributed by atoms with E-state index in [0.717, 1.165) is 30.9 Å². The molecule has 1 fully saturated rings. The van der Waals surface area contributed by atoms with Gasteiger partial charge < -0.3 is 11.1 Å². The molecular formula is C21H22F2N2O2. The number of halogens is 2. The van der Waals surface area contributed by atoms with E-state index in [9.17, 15) is 18.4 Å². The van der Waals surface area contributed by atoms with Crippen molar-refractivity contribution < 1.29 is 18.4 Å². The predicted octanol–water partition coefficient (Wildman–Crippen LogP) is 4.20. The highest BCUT2D eigenvalue weighted by atomic mass is 19.1. The summed E-state index contributed by atoms with van der Waals surface area (Å²) >= 11 is 0. The lowest BCUT2D eigenvalue weighted by Gasteiger charge is -2.36. The van der Waals surface area contributed by atoms with Crippen LogP contribution in [0.2, 0.25) is 0 Å². The van der Waals surface area contributed by atoms with Crippen LogP contribution < -0.4 is 11.1 Å². The minimum atomic E-state index is -0.735. The molecule has 0 unspecified atom stereocenters. The largest absolute Gasteiger partial charge is 0.366 e. The average molecular weight is 372 g/mol. The van der Waals surface area contributed by atoms with Crippen molar-refractivity contribution in [3.8, 4) is 0 Å². The van der Waals surface area contributed by atoms with Crippen molar-refractivity contribution in [3.63, 3.8) is 0 Å². The minimum absolute atomic E-state index is 0.0690. The first kappa shape index (κ1) is 19.0. The molecule has 0 aliphatic heterocycles. The van der Waals surface area contributed by atoms with Crippen LogP contribution in [0, 0.1) is 17.0 Å². The molecule has 0 aromatic heterocycles. The summed E-state index contributed by atoms with van der Waals surface area (Å²) in [5.74, 6) is -1.99. The number of carbonyl (C=O) groups is 2. The molecule has 4 nitrogen and oxygen atoms in total. The first-order valence-corrected chi connectivity index (χ1v) is 9.05. The number of hydrogen-bond acceptors (Lipinski definition) is 2. The van der Waals surface area contributed by atoms with E-state index in [1.54, 1.807) is 12.1 Å². The number of nitrogens with two attached hydrogens (primary N) is 1. The van der Waals surface area contributed by atoms with E-state index < -0.39 is 17.1 Å². The molecule has 2 aromatic carbocycles. The highest BCUT2D eigenvalue weighted by Crippen LogP contribution is 2.40. The molecule has 2 aromatic rings. The lowest BCUT2D eigenvalue weighted by Crippen LogP contribution is -2.40. The molecule has 0 radical (unpaired) electrons. The average Bonchev–Trinajstić information content (AvgIpc) is 2.64. The SMILES string of the molecule is NC(=O)c1ccc(F)c(NC(=O)C2(Cc3cccc(F)c3)CCCCC2)c1. The quantitative estimate of drug-likeness (QED) is 0.826. The lowest BCUT2D eigenvalue weighted by molar-refractivity contribution is -0.127. The van der Waals surface area contributed by atoms with Crippen molar-refractivity contribution >= 4 is 17.5 Å². The van der Waals surface area contributed by atoms with E-state index in [2.05, 4.69) is 5.32 Å². The summed E-state index contributed by atoms with van der Waals surface area (Å²) in [4.78, 5) is 24.5. The smallest absolute Gasteiger partial charge is 0.248 e. The normalized spacial score (nSPS) is 15.9. The summed E-state index contributed by atoms with van der Waals surface area (Å²) in [7, 11) is 0. The maximum absolute atomic E-state index is 14.1. The second-order valence-electron chi connectivity index (χ2n) is 7.16. The van der Waals surface area contributed by atoms with Crippen molar-refractivity contribution in [2.45, 2.75) is 38.5 Å². The summed E-state index contributed by atoms with van der Waals surface area (Å²) in [6.45, 7) is 0. The van der Waals surface area contributed by atoms with Gasteiger partial charge in [0.15, 0.2) is 0 Å². The van der Waals surface area contributed by atoms with E-state index in [1.807, 2.05) is 0 Å². The van der Waals surface area contributed by atoms with Gasteiger partial charge in [0.2, 0.25) is 11.8 Å². The van der Waals surface area contributed by atoms with Gasteiger partial charge in [-0.15, -0.1) is 0 Å². The predicted molar refractivity (Wildman–Crippen MR) is 99.2 cm³/mol. The molecule has 3 rings (SSSR count). The Morgan fingerprint density at radius 3 is 2.44 bits per heavy atom. The number of nitrogens with one attached hydrogen (secondary N) is 1. The Hall–Kier alpha value is -2.76. The Morgan fingerprint density at radius 2 is 1.78 bits per heavy atom. The van der Waals surface area contributed by atoms with Gasteiger partial charge in [-0.05, 0) is 55.2 Å². The first-order chi connectivity index (χ1) is 12.9. The van der Waals surface area contributed by atoms with Crippen molar-refractivity contribution in [2.24, 2.45) is 11.1 Å². The molecule has 1 saturated carbocycles. The van der Waals surface area contributed by atoms with Crippen LogP contribution in [0.15, 0.2) is 42.5 Å². The molecule has 2 amide bonds. The molecule has 0 heterocycles. The number of carbonyl (C=O) groups excluding carboxylic acids is 2. The van der Waals surface area contributed by atoms with Gasteiger partial charge in [-0.25, -0.2) is 8.78 Å². The number of rotatable bonds is 5. The highest BCUT2D eigenvalue weighted by molar-refractivity contribution is 5.98. The zero-order valence-corrected chi connectivity index (χ0v) is 14.9. The fourth-order valence-corrected chi connectivity index (χ4v) is 3.78. The fourth-order valence-electron chi connectivity index (χ4n) is 3.78. The molecule has 0 spiro atoms. The van der Waals surface area contributed by atoms with Crippen LogP contribution in [0.1, 0.15) is 48.0 Å². The summed E-state index contributed by atoms with van der Waals surface area (Å²) in [5, 5.41) is 2.64. The molecular weight excluding hydrogens is 350 g/mol. The van der Waals surface area contributed by atoms with Gasteiger partial charge in [-0.3, -0.25) is 9.59 Å². The van der Waals surface area contributed by atoms with Gasteiger partial charge in [0, 0.05) is 5.56 Å². The van der Waals surface area contributed by atoms with Crippen molar-refractivity contribution in [1.29, 1.82) is 0 Å². The highest BCUT2D eigenvalue weighted by Gasteiger charge is 2.39. The van der Waals surface area contributed by atoms with Crippen LogP contribution in [0.5, 0.6) is 0 Å². The molecule has 1 aliphatic carbocycles. The van der Waals surface area contributed by atoms with Crippen LogP contribution in [-0.4, -0.2) is 11.8 Å². The topological polar surface area (TPSA) is 72.2 Å². The molecule has 0 saturated heterocycles. The lowest BCUT2D eigenvalue weighted by atomic mass is 9.69. The van der Waals surface area contributed by atoms with Gasteiger partial charge in [-0.1, -0.05) is 31.4 Å². The van der Waals surface area contributed by atoms with Gasteiger partial charge >= 0.3 is 0 Å². The second kappa shape index (κ2) is 7.86. The maximum atomic E-state index is 14.1. The molecule has 142 valence electrons. The third-order valence-corrected chi connectivity index (χ3v) is 5.22. The minimum Gasteiger partial charge on any atom is -0.366 e. The number of anilines is 1. The molecule has 0 bridgehead atoms. The molecule has 0 atom stereocenters. The van der Waals surface area contributed by atoms with Gasteiger partial charge in [0.25, 0.3) is 0 Å². The van der Waals surface area contributed by atoms with Crippen LogP contribution in [0.4, 0.5) is 14.5 Å². The van der Waals surface area contributed by atoms with E-state index in [1.165, 1.54) is 24.3 Å². The second-order valence-corrected chi connectivity index (χ2v) is 7.16. The standard InChI is InChI=1S/C21H22F2N2O2/c22-16-6-4-5-14(11-16)13-21(9-2-1-3-10-21)20(27)25-18-12-15(19(24)26)7-8-17(18)23/h4-8,11-12H,1-3,9-10,13H2,(H2,24,26)(H,25,27). The van der Waals surface area contributed by atoms with Crippen molar-refractivity contribution in [2.75, 3.05) is 5.32 Å². The summed E-state index contributed by atoms with van der Waals surface area (Å²) < 4.78 is 27.7. The van der Waals surface area contributed by atoms with Crippen LogP contribution in [0.3, 0.4) is 0 Å². The number of amides is 2. The van der Waals surface area contributed by atoms with E-state index in [-0.39, 0.29) is 23.0 Å². The summed E-state index contributed by atoms with van der Waals surface area (Å²) in [6.07, 6.45) is 4.47. The van der Waals surface area contributed by atoms with Crippen molar-refractivity contribution in [1.82, 2.24) is 0 Å².